The number of ether oxygens (including phenoxy) is 3. The lowest BCUT2D eigenvalue weighted by Gasteiger charge is -2.35. The predicted octanol–water partition coefficient (Wildman–Crippen LogP) is 2.10. The Labute approximate surface area is 194 Å². The van der Waals surface area contributed by atoms with Gasteiger partial charge in [0.1, 0.15) is 23.7 Å². The van der Waals surface area contributed by atoms with Crippen molar-refractivity contribution in [2.24, 2.45) is 0 Å². The van der Waals surface area contributed by atoms with Crippen LogP contribution in [0.4, 0.5) is 0 Å². The number of carbonyl (C=O) groups is 3. The van der Waals surface area contributed by atoms with Gasteiger partial charge in [-0.15, -0.1) is 0 Å². The van der Waals surface area contributed by atoms with Crippen LogP contribution in [0.2, 0.25) is 0 Å². The summed E-state index contributed by atoms with van der Waals surface area (Å²) in [5.41, 5.74) is -0.540. The third kappa shape index (κ3) is 5.26. The number of aromatic hydroxyl groups is 2. The third-order valence-corrected chi connectivity index (χ3v) is 5.58. The van der Waals surface area contributed by atoms with Gasteiger partial charge in [-0.1, -0.05) is 24.3 Å². The quantitative estimate of drug-likeness (QED) is 0.332. The molecule has 2 fully saturated rings. The van der Waals surface area contributed by atoms with Gasteiger partial charge < -0.3 is 29.5 Å². The molecule has 4 unspecified atom stereocenters. The standard InChI is InChI=1S/C25H22O9/c26-17-7-1-15(2-8-17)5-11-21(28)32-19-13-25(31)14-20(33-24(25)30)23(19)34-22(29)12-6-16-3-9-18(27)10-4-16/h1-12,19-20,23,26-27,31H,13-14H2/b11-5+,12-6+. The van der Waals surface area contributed by atoms with E-state index >= 15 is 0 Å². The molecule has 1 saturated heterocycles. The van der Waals surface area contributed by atoms with Crippen molar-refractivity contribution in [3.63, 3.8) is 0 Å². The molecule has 0 radical (unpaired) electrons. The zero-order valence-corrected chi connectivity index (χ0v) is 17.9. The van der Waals surface area contributed by atoms with E-state index in [1.54, 1.807) is 24.3 Å². The van der Waals surface area contributed by atoms with Gasteiger partial charge in [-0.25, -0.2) is 14.4 Å². The highest BCUT2D eigenvalue weighted by Crippen LogP contribution is 2.40. The molecule has 1 aliphatic carbocycles. The maximum atomic E-state index is 12.4. The number of rotatable bonds is 6. The first-order valence-corrected chi connectivity index (χ1v) is 10.5. The Bertz CT molecular complexity index is 1130. The van der Waals surface area contributed by atoms with E-state index in [1.165, 1.54) is 36.4 Å². The summed E-state index contributed by atoms with van der Waals surface area (Å²) in [7, 11) is 0. The highest BCUT2D eigenvalue weighted by atomic mass is 16.6. The Kier molecular flexibility index (Phi) is 6.38. The van der Waals surface area contributed by atoms with Crippen molar-refractivity contribution < 1.29 is 43.9 Å². The van der Waals surface area contributed by atoms with E-state index in [9.17, 15) is 29.7 Å². The summed E-state index contributed by atoms with van der Waals surface area (Å²) < 4.78 is 16.1. The number of carbonyl (C=O) groups excluding carboxylic acids is 3. The molecule has 2 aromatic rings. The summed E-state index contributed by atoms with van der Waals surface area (Å²) in [5.74, 6) is -2.21. The average molecular weight is 466 g/mol. The molecule has 2 aromatic carbocycles. The number of aliphatic hydroxyl groups is 1. The van der Waals surface area contributed by atoms with Crippen molar-refractivity contribution in [1.82, 2.24) is 0 Å². The van der Waals surface area contributed by atoms with E-state index < -0.39 is 41.8 Å². The van der Waals surface area contributed by atoms with Crippen LogP contribution in [0.5, 0.6) is 11.5 Å². The summed E-state index contributed by atoms with van der Waals surface area (Å²) >= 11 is 0. The molecule has 0 amide bonds. The second-order valence-electron chi connectivity index (χ2n) is 8.11. The van der Waals surface area contributed by atoms with Gasteiger partial charge in [-0.2, -0.15) is 0 Å². The third-order valence-electron chi connectivity index (χ3n) is 5.58. The molecule has 4 rings (SSSR count). The molecule has 2 bridgehead atoms. The predicted molar refractivity (Wildman–Crippen MR) is 118 cm³/mol. The fraction of sp³-hybridized carbons (Fsp3) is 0.240. The lowest BCUT2D eigenvalue weighted by Crippen LogP contribution is -2.51. The molecule has 9 nitrogen and oxygen atoms in total. The zero-order chi connectivity index (χ0) is 24.3. The lowest BCUT2D eigenvalue weighted by atomic mass is 9.82. The number of hydrogen-bond acceptors (Lipinski definition) is 9. The molecule has 0 aromatic heterocycles. The molecule has 176 valence electrons. The van der Waals surface area contributed by atoms with Crippen molar-refractivity contribution in [1.29, 1.82) is 0 Å². The van der Waals surface area contributed by atoms with Gasteiger partial charge in [-0.05, 0) is 47.5 Å². The second kappa shape index (κ2) is 9.40. The number of esters is 3. The van der Waals surface area contributed by atoms with Crippen molar-refractivity contribution in [3.05, 3.63) is 71.8 Å². The molecule has 3 N–H and O–H groups in total. The summed E-state index contributed by atoms with van der Waals surface area (Å²) in [4.78, 5) is 36.9. The van der Waals surface area contributed by atoms with Crippen LogP contribution in [0.3, 0.4) is 0 Å². The van der Waals surface area contributed by atoms with Crippen molar-refractivity contribution in [2.45, 2.75) is 36.8 Å². The first-order valence-electron chi connectivity index (χ1n) is 10.5. The Balaban J connectivity index is 1.45. The molecule has 9 heteroatoms. The number of phenolic OH excluding ortho intramolecular Hbond substituents is 2. The Morgan fingerprint density at radius 2 is 1.35 bits per heavy atom. The molecule has 1 aliphatic heterocycles. The van der Waals surface area contributed by atoms with Crippen LogP contribution in [0.25, 0.3) is 12.2 Å². The molecule has 0 spiro atoms. The molecule has 4 atom stereocenters. The number of hydrogen-bond donors (Lipinski definition) is 3. The first kappa shape index (κ1) is 23.1. The fourth-order valence-electron chi connectivity index (χ4n) is 3.87. The minimum Gasteiger partial charge on any atom is -0.508 e. The first-order chi connectivity index (χ1) is 16.2. The van der Waals surface area contributed by atoms with Gasteiger partial charge in [0.05, 0.1) is 0 Å². The minimum atomic E-state index is -1.82. The normalized spacial score (nSPS) is 25.9. The molecule has 1 saturated carbocycles. The zero-order valence-electron chi connectivity index (χ0n) is 17.9. The van der Waals surface area contributed by atoms with Crippen LogP contribution in [-0.2, 0) is 28.6 Å². The van der Waals surface area contributed by atoms with Crippen LogP contribution in [0.15, 0.2) is 60.7 Å². The Morgan fingerprint density at radius 3 is 1.88 bits per heavy atom. The van der Waals surface area contributed by atoms with E-state index in [-0.39, 0.29) is 24.3 Å². The van der Waals surface area contributed by atoms with Crippen LogP contribution >= 0.6 is 0 Å². The van der Waals surface area contributed by atoms with Gasteiger partial charge in [-0.3, -0.25) is 0 Å². The summed E-state index contributed by atoms with van der Waals surface area (Å²) in [6.45, 7) is 0. The van der Waals surface area contributed by atoms with E-state index in [2.05, 4.69) is 0 Å². The van der Waals surface area contributed by atoms with E-state index in [4.69, 9.17) is 14.2 Å². The second-order valence-corrected chi connectivity index (χ2v) is 8.11. The fourth-order valence-corrected chi connectivity index (χ4v) is 3.87. The lowest BCUT2D eigenvalue weighted by molar-refractivity contribution is -0.178. The summed E-state index contributed by atoms with van der Waals surface area (Å²) in [5, 5.41) is 29.2. The van der Waals surface area contributed by atoms with Gasteiger partial charge in [0.15, 0.2) is 11.7 Å². The van der Waals surface area contributed by atoms with Crippen LogP contribution in [0.1, 0.15) is 24.0 Å². The SMILES string of the molecule is O=C(/C=C/c1ccc(O)cc1)OC1CC2(O)CC(OC2=O)C1OC(=O)/C=C/c1ccc(O)cc1. The van der Waals surface area contributed by atoms with Crippen LogP contribution in [0, 0.1) is 0 Å². The minimum absolute atomic E-state index is 0.0805. The molecule has 2 aliphatic rings. The number of phenols is 2. The molecular formula is C25H22O9. The van der Waals surface area contributed by atoms with Crippen LogP contribution < -0.4 is 0 Å². The average Bonchev–Trinajstić information content (AvgIpc) is 3.05. The topological polar surface area (TPSA) is 140 Å². The number of benzene rings is 2. The maximum absolute atomic E-state index is 12.4. The maximum Gasteiger partial charge on any atom is 0.338 e. The number of fused-ring (bicyclic) bond motifs is 2. The van der Waals surface area contributed by atoms with Crippen LogP contribution in [-0.4, -0.2) is 57.1 Å². The van der Waals surface area contributed by atoms with E-state index in [1.807, 2.05) is 0 Å². The molecule has 1 heterocycles. The van der Waals surface area contributed by atoms with Gasteiger partial charge >= 0.3 is 17.9 Å². The Morgan fingerprint density at radius 1 is 0.853 bits per heavy atom. The van der Waals surface area contributed by atoms with Gasteiger partial charge in [0.2, 0.25) is 0 Å². The highest BCUT2D eigenvalue weighted by molar-refractivity contribution is 5.89. The van der Waals surface area contributed by atoms with Crippen molar-refractivity contribution >= 4 is 30.1 Å². The van der Waals surface area contributed by atoms with Crippen molar-refractivity contribution in [3.8, 4) is 11.5 Å². The molecule has 34 heavy (non-hydrogen) atoms. The Hall–Kier alpha value is -4.11. The summed E-state index contributed by atoms with van der Waals surface area (Å²) in [6, 6.07) is 12.2. The van der Waals surface area contributed by atoms with Crippen molar-refractivity contribution in [2.75, 3.05) is 0 Å². The van der Waals surface area contributed by atoms with E-state index in [0.717, 1.165) is 12.2 Å². The van der Waals surface area contributed by atoms with Gasteiger partial charge in [0, 0.05) is 25.0 Å². The summed E-state index contributed by atoms with van der Waals surface area (Å²) in [6.07, 6.45) is 1.72. The largest absolute Gasteiger partial charge is 0.508 e. The smallest absolute Gasteiger partial charge is 0.338 e. The highest BCUT2D eigenvalue weighted by Gasteiger charge is 2.60. The van der Waals surface area contributed by atoms with E-state index in [0.29, 0.717) is 11.1 Å². The monoisotopic (exact) mass is 466 g/mol. The van der Waals surface area contributed by atoms with Gasteiger partial charge in [0.25, 0.3) is 0 Å². The molecular weight excluding hydrogens is 444 g/mol.